The number of pyridine rings is 2. The first-order valence-corrected chi connectivity index (χ1v) is 7.95. The fourth-order valence-corrected chi connectivity index (χ4v) is 3.15. The Hall–Kier alpha value is -2.68. The Bertz CT molecular complexity index is 1030. The predicted octanol–water partition coefficient (Wildman–Crippen LogP) is 4.34. The van der Waals surface area contributed by atoms with E-state index in [9.17, 15) is 0 Å². The molecule has 0 N–H and O–H groups in total. The number of fused-ring (bicyclic) bond motifs is 3. The Balaban J connectivity index is 1.99. The number of hydrogen-bond acceptors (Lipinski definition) is 2. The number of rotatable bonds is 2. The van der Waals surface area contributed by atoms with Gasteiger partial charge in [-0.2, -0.15) is 0 Å². The molecule has 0 atom stereocenters. The number of nitrogens with zero attached hydrogens (tertiary/aromatic N) is 2. The summed E-state index contributed by atoms with van der Waals surface area (Å²) in [5.74, 6) is 0. The van der Waals surface area contributed by atoms with Gasteiger partial charge in [-0.1, -0.05) is 25.1 Å². The number of hydrogen-bond donors (Lipinski definition) is 0. The number of para-hydroxylation sites is 1. The van der Waals surface area contributed by atoms with Crippen LogP contribution in [0.5, 0.6) is 0 Å². The van der Waals surface area contributed by atoms with Gasteiger partial charge in [0.2, 0.25) is 11.4 Å². The highest BCUT2D eigenvalue weighted by Crippen LogP contribution is 2.31. The topological polar surface area (TPSA) is 29.9 Å². The van der Waals surface area contributed by atoms with Crippen molar-refractivity contribution in [1.29, 1.82) is 0 Å². The van der Waals surface area contributed by atoms with Crippen molar-refractivity contribution in [2.75, 3.05) is 0 Å². The van der Waals surface area contributed by atoms with Crippen molar-refractivity contribution in [1.82, 2.24) is 4.98 Å². The third-order valence-electron chi connectivity index (χ3n) is 4.44. The van der Waals surface area contributed by atoms with Gasteiger partial charge in [-0.3, -0.25) is 0 Å². The zero-order chi connectivity index (χ0) is 16.0. The molecule has 114 valence electrons. The van der Waals surface area contributed by atoms with Crippen LogP contribution < -0.4 is 4.57 Å². The average Bonchev–Trinajstić information content (AvgIpc) is 2.91. The van der Waals surface area contributed by atoms with E-state index in [1.807, 2.05) is 25.1 Å². The minimum atomic E-state index is 0.709. The molecule has 0 fully saturated rings. The van der Waals surface area contributed by atoms with Crippen molar-refractivity contribution in [2.24, 2.45) is 7.05 Å². The maximum Gasteiger partial charge on any atom is 0.227 e. The fourth-order valence-electron chi connectivity index (χ4n) is 3.15. The summed E-state index contributed by atoms with van der Waals surface area (Å²) < 4.78 is 8.05. The van der Waals surface area contributed by atoms with Gasteiger partial charge in [0.1, 0.15) is 12.6 Å². The molecule has 1 aromatic carbocycles. The Morgan fingerprint density at radius 3 is 2.70 bits per heavy atom. The zero-order valence-corrected chi connectivity index (χ0v) is 13.6. The van der Waals surface area contributed by atoms with E-state index in [1.165, 1.54) is 11.3 Å². The molecular formula is C20H19N2O+. The molecule has 3 nitrogen and oxygen atoms in total. The molecular weight excluding hydrogens is 284 g/mol. The Labute approximate surface area is 135 Å². The molecule has 0 aliphatic heterocycles. The highest BCUT2D eigenvalue weighted by molar-refractivity contribution is 6.04. The SMILES string of the molecule is CCc1ccc(-c2cc3c(nc2C)oc2ccccc23)[n+](C)c1. The summed E-state index contributed by atoms with van der Waals surface area (Å²) in [6.45, 7) is 4.21. The first-order chi connectivity index (χ1) is 11.2. The highest BCUT2D eigenvalue weighted by atomic mass is 16.3. The van der Waals surface area contributed by atoms with Gasteiger partial charge in [0.15, 0.2) is 6.20 Å². The van der Waals surface area contributed by atoms with E-state index in [0.29, 0.717) is 5.71 Å². The molecule has 0 radical (unpaired) electrons. The highest BCUT2D eigenvalue weighted by Gasteiger charge is 2.17. The van der Waals surface area contributed by atoms with E-state index in [1.54, 1.807) is 0 Å². The second kappa shape index (κ2) is 5.20. The van der Waals surface area contributed by atoms with Crippen molar-refractivity contribution in [3.05, 3.63) is 59.9 Å². The van der Waals surface area contributed by atoms with Crippen LogP contribution in [-0.4, -0.2) is 4.98 Å². The minimum Gasteiger partial charge on any atom is -0.438 e. The molecule has 0 spiro atoms. The second-order valence-electron chi connectivity index (χ2n) is 5.96. The summed E-state index contributed by atoms with van der Waals surface area (Å²) >= 11 is 0. The van der Waals surface area contributed by atoms with Crippen molar-refractivity contribution in [3.8, 4) is 11.3 Å². The van der Waals surface area contributed by atoms with Crippen LogP contribution in [0.4, 0.5) is 0 Å². The Morgan fingerprint density at radius 2 is 1.91 bits per heavy atom. The maximum atomic E-state index is 5.87. The number of benzene rings is 1. The molecule has 0 bridgehead atoms. The normalized spacial score (nSPS) is 11.4. The van der Waals surface area contributed by atoms with E-state index >= 15 is 0 Å². The van der Waals surface area contributed by atoms with Gasteiger partial charge in [0.05, 0.1) is 11.3 Å². The van der Waals surface area contributed by atoms with Gasteiger partial charge in [0.25, 0.3) is 0 Å². The molecule has 0 aliphatic rings. The quantitative estimate of drug-likeness (QED) is 0.515. The summed E-state index contributed by atoms with van der Waals surface area (Å²) in [5.41, 5.74) is 6.22. The van der Waals surface area contributed by atoms with Crippen LogP contribution >= 0.6 is 0 Å². The van der Waals surface area contributed by atoms with Crippen LogP contribution in [0.1, 0.15) is 18.2 Å². The van der Waals surface area contributed by atoms with E-state index in [4.69, 9.17) is 9.40 Å². The zero-order valence-electron chi connectivity index (χ0n) is 13.6. The first kappa shape index (κ1) is 13.9. The average molecular weight is 303 g/mol. The van der Waals surface area contributed by atoms with Gasteiger partial charge in [-0.15, -0.1) is 0 Å². The summed E-state index contributed by atoms with van der Waals surface area (Å²) in [6.07, 6.45) is 3.23. The summed E-state index contributed by atoms with van der Waals surface area (Å²) in [6, 6.07) is 14.7. The van der Waals surface area contributed by atoms with Gasteiger partial charge >= 0.3 is 0 Å². The van der Waals surface area contributed by atoms with Crippen molar-refractivity contribution >= 4 is 22.1 Å². The lowest BCUT2D eigenvalue weighted by atomic mass is 10.1. The predicted molar refractivity (Wildman–Crippen MR) is 92.2 cm³/mol. The Morgan fingerprint density at radius 1 is 1.09 bits per heavy atom. The molecule has 3 heterocycles. The Kier molecular flexibility index (Phi) is 3.15. The van der Waals surface area contributed by atoms with Crippen LogP contribution in [0.2, 0.25) is 0 Å². The molecule has 3 heteroatoms. The summed E-state index contributed by atoms with van der Waals surface area (Å²) in [4.78, 5) is 4.69. The first-order valence-electron chi connectivity index (χ1n) is 7.95. The molecule has 0 aliphatic carbocycles. The minimum absolute atomic E-state index is 0.709. The smallest absolute Gasteiger partial charge is 0.227 e. The summed E-state index contributed by atoms with van der Waals surface area (Å²) in [7, 11) is 2.09. The standard InChI is InChI=1S/C20H19N2O/c1-4-14-9-10-18(22(3)12-14)16-11-17-15-7-5-6-8-19(15)23-20(17)21-13(16)2/h5-12H,4H2,1-3H3/q+1. The molecule has 0 saturated carbocycles. The van der Waals surface area contributed by atoms with Gasteiger partial charge in [0, 0.05) is 22.4 Å². The number of furan rings is 1. The second-order valence-corrected chi connectivity index (χ2v) is 5.96. The van der Waals surface area contributed by atoms with Crippen molar-refractivity contribution < 1.29 is 8.98 Å². The lowest BCUT2D eigenvalue weighted by molar-refractivity contribution is -0.660. The van der Waals surface area contributed by atoms with Crippen LogP contribution in [-0.2, 0) is 13.5 Å². The summed E-state index contributed by atoms with van der Waals surface area (Å²) in [5, 5.41) is 2.19. The molecule has 3 aromatic heterocycles. The van der Waals surface area contributed by atoms with Gasteiger partial charge in [-0.25, -0.2) is 9.55 Å². The van der Waals surface area contributed by atoms with Crippen molar-refractivity contribution in [2.45, 2.75) is 20.3 Å². The third kappa shape index (κ3) is 2.20. The van der Waals surface area contributed by atoms with E-state index in [-0.39, 0.29) is 0 Å². The van der Waals surface area contributed by atoms with Crippen LogP contribution in [0.3, 0.4) is 0 Å². The molecule has 0 unspecified atom stereocenters. The molecule has 0 saturated heterocycles. The van der Waals surface area contributed by atoms with Crippen LogP contribution in [0.15, 0.2) is 53.1 Å². The molecule has 4 aromatic rings. The van der Waals surface area contributed by atoms with Gasteiger partial charge in [-0.05, 0) is 31.5 Å². The van der Waals surface area contributed by atoms with Crippen molar-refractivity contribution in [3.63, 3.8) is 0 Å². The number of aryl methyl sites for hydroxylation is 3. The maximum absolute atomic E-state index is 5.87. The monoisotopic (exact) mass is 303 g/mol. The van der Waals surface area contributed by atoms with Crippen LogP contribution in [0.25, 0.3) is 33.3 Å². The third-order valence-corrected chi connectivity index (χ3v) is 4.44. The fraction of sp³-hybridized carbons (Fsp3) is 0.200. The van der Waals surface area contributed by atoms with E-state index in [0.717, 1.165) is 34.0 Å². The van der Waals surface area contributed by atoms with E-state index < -0.39 is 0 Å². The van der Waals surface area contributed by atoms with Gasteiger partial charge < -0.3 is 4.42 Å². The molecule has 4 rings (SSSR count). The van der Waals surface area contributed by atoms with E-state index in [2.05, 4.69) is 49.0 Å². The van der Waals surface area contributed by atoms with Crippen LogP contribution in [0, 0.1) is 6.92 Å². The lowest BCUT2D eigenvalue weighted by Crippen LogP contribution is -2.31. The molecule has 23 heavy (non-hydrogen) atoms. The molecule has 0 amide bonds. The lowest BCUT2D eigenvalue weighted by Gasteiger charge is -2.05. The largest absolute Gasteiger partial charge is 0.438 e. The number of aromatic nitrogens is 2.